The van der Waals surface area contributed by atoms with E-state index in [1.165, 1.54) is 18.3 Å². The van der Waals surface area contributed by atoms with Gasteiger partial charge in [0.15, 0.2) is 5.69 Å². The van der Waals surface area contributed by atoms with Crippen LogP contribution in [-0.2, 0) is 4.74 Å². The summed E-state index contributed by atoms with van der Waals surface area (Å²) in [5.74, 6) is 0.0676. The van der Waals surface area contributed by atoms with E-state index in [1.54, 1.807) is 36.4 Å². The Hall–Kier alpha value is -4.35. The Bertz CT molecular complexity index is 1300. The molecule has 2 aromatic carbocycles. The van der Waals surface area contributed by atoms with Gasteiger partial charge in [0.2, 0.25) is 0 Å². The maximum atomic E-state index is 12.7. The molecule has 12 heteroatoms. The number of carbonyl (C=O) groups excluding carboxylic acids is 3. The van der Waals surface area contributed by atoms with Crippen molar-refractivity contribution in [1.82, 2.24) is 9.88 Å². The minimum Gasteiger partial charge on any atom is -0.490 e. The van der Waals surface area contributed by atoms with E-state index >= 15 is 0 Å². The van der Waals surface area contributed by atoms with E-state index in [2.05, 4.69) is 20.4 Å². The number of pyridine rings is 1. The van der Waals surface area contributed by atoms with Crippen molar-refractivity contribution in [3.63, 3.8) is 0 Å². The SMILES string of the molecule is Cc1cc(NC(=O)Nc2cccc(Oc3ccnc(C(=O)OC(N)=O)c3)c2)c(OCCN(C)C)cc1Cl. The van der Waals surface area contributed by atoms with Gasteiger partial charge in [0.05, 0.1) is 5.69 Å². The van der Waals surface area contributed by atoms with Gasteiger partial charge in [0.1, 0.15) is 23.9 Å². The zero-order chi connectivity index (χ0) is 26.9. The van der Waals surface area contributed by atoms with E-state index in [-0.39, 0.29) is 11.4 Å². The average Bonchev–Trinajstić information content (AvgIpc) is 2.82. The molecule has 0 spiro atoms. The number of aromatic nitrogens is 1. The molecular formula is C25H26ClN5O6. The first-order valence-corrected chi connectivity index (χ1v) is 11.4. The van der Waals surface area contributed by atoms with Crippen molar-refractivity contribution in [3.8, 4) is 17.2 Å². The van der Waals surface area contributed by atoms with Crippen LogP contribution in [0.1, 0.15) is 16.1 Å². The van der Waals surface area contributed by atoms with Crippen molar-refractivity contribution in [2.75, 3.05) is 37.9 Å². The lowest BCUT2D eigenvalue weighted by atomic mass is 10.2. The zero-order valence-electron chi connectivity index (χ0n) is 20.4. The standard InChI is InChI=1S/C25H26ClN5O6/c1-15-11-20(22(14-19(15)26)35-10-9-31(2)3)30-25(34)29-16-5-4-6-17(12-16)36-18-7-8-28-21(13-18)23(32)37-24(27)33/h4-8,11-14H,9-10H2,1-3H3,(H2,27,33)(H2,29,30,34). The van der Waals surface area contributed by atoms with Crippen LogP contribution in [0.4, 0.5) is 21.0 Å². The number of nitrogens with two attached hydrogens (primary N) is 1. The van der Waals surface area contributed by atoms with Crippen molar-refractivity contribution in [2.24, 2.45) is 5.73 Å². The number of primary amides is 1. The molecule has 37 heavy (non-hydrogen) atoms. The van der Waals surface area contributed by atoms with Crippen molar-refractivity contribution >= 4 is 41.1 Å². The number of nitrogens with one attached hydrogen (secondary N) is 2. The molecule has 0 saturated carbocycles. The molecule has 1 heterocycles. The van der Waals surface area contributed by atoms with E-state index in [1.807, 2.05) is 25.9 Å². The van der Waals surface area contributed by atoms with Crippen LogP contribution in [0.15, 0.2) is 54.7 Å². The van der Waals surface area contributed by atoms with Gasteiger partial charge in [0.25, 0.3) is 0 Å². The van der Waals surface area contributed by atoms with Crippen LogP contribution in [0.25, 0.3) is 0 Å². The molecule has 0 bridgehead atoms. The molecule has 0 radical (unpaired) electrons. The Balaban J connectivity index is 1.68. The molecule has 0 unspecified atom stereocenters. The lowest BCUT2D eigenvalue weighted by Gasteiger charge is -2.16. The molecule has 4 N–H and O–H groups in total. The van der Waals surface area contributed by atoms with Gasteiger partial charge in [-0.25, -0.2) is 19.4 Å². The highest BCUT2D eigenvalue weighted by atomic mass is 35.5. The predicted octanol–water partition coefficient (Wildman–Crippen LogP) is 4.66. The van der Waals surface area contributed by atoms with E-state index in [9.17, 15) is 14.4 Å². The Kier molecular flexibility index (Phi) is 9.25. The normalized spacial score (nSPS) is 10.5. The number of anilines is 2. The lowest BCUT2D eigenvalue weighted by Crippen LogP contribution is -2.22. The van der Waals surface area contributed by atoms with E-state index in [0.717, 1.165) is 5.56 Å². The predicted molar refractivity (Wildman–Crippen MR) is 139 cm³/mol. The molecule has 0 aliphatic heterocycles. The van der Waals surface area contributed by atoms with Gasteiger partial charge in [0, 0.05) is 41.7 Å². The highest BCUT2D eigenvalue weighted by Crippen LogP contribution is 2.32. The average molecular weight is 528 g/mol. The first-order valence-electron chi connectivity index (χ1n) is 11.0. The third-order valence-electron chi connectivity index (χ3n) is 4.77. The fourth-order valence-corrected chi connectivity index (χ4v) is 3.16. The molecule has 0 atom stereocenters. The second-order valence-corrected chi connectivity index (χ2v) is 8.45. The number of urea groups is 1. The summed E-state index contributed by atoms with van der Waals surface area (Å²) in [6.07, 6.45) is 0.0746. The molecular weight excluding hydrogens is 502 g/mol. The van der Waals surface area contributed by atoms with Crippen molar-refractivity contribution in [3.05, 3.63) is 71.0 Å². The number of halogens is 1. The number of esters is 1. The summed E-state index contributed by atoms with van der Waals surface area (Å²) < 4.78 is 15.9. The topological polar surface area (TPSA) is 145 Å². The number of nitrogens with zero attached hydrogens (tertiary/aromatic N) is 2. The second kappa shape index (κ2) is 12.6. The summed E-state index contributed by atoms with van der Waals surface area (Å²) in [6, 6.07) is 12.3. The van der Waals surface area contributed by atoms with Crippen molar-refractivity contribution < 1.29 is 28.6 Å². The second-order valence-electron chi connectivity index (χ2n) is 8.04. The van der Waals surface area contributed by atoms with Gasteiger partial charge in [-0.2, -0.15) is 0 Å². The van der Waals surface area contributed by atoms with Gasteiger partial charge in [-0.15, -0.1) is 0 Å². The Labute approximate surface area is 218 Å². The van der Waals surface area contributed by atoms with Gasteiger partial charge in [-0.3, -0.25) is 0 Å². The molecule has 11 nitrogen and oxygen atoms in total. The minimum absolute atomic E-state index is 0.160. The summed E-state index contributed by atoms with van der Waals surface area (Å²) in [5.41, 5.74) is 6.39. The fraction of sp³-hybridized carbons (Fsp3) is 0.200. The molecule has 0 aliphatic rings. The van der Waals surface area contributed by atoms with Gasteiger partial charge in [-0.05, 0) is 50.8 Å². The molecule has 0 aliphatic carbocycles. The maximum absolute atomic E-state index is 12.7. The Morgan fingerprint density at radius 2 is 1.81 bits per heavy atom. The summed E-state index contributed by atoms with van der Waals surface area (Å²) in [5, 5.41) is 6.05. The molecule has 3 aromatic rings. The monoisotopic (exact) mass is 527 g/mol. The fourth-order valence-electron chi connectivity index (χ4n) is 3.01. The summed E-state index contributed by atoms with van der Waals surface area (Å²) in [4.78, 5) is 41.1. The number of hydrogen-bond acceptors (Lipinski definition) is 8. The van der Waals surface area contributed by atoms with Crippen LogP contribution >= 0.6 is 11.6 Å². The smallest absolute Gasteiger partial charge is 0.412 e. The third-order valence-corrected chi connectivity index (χ3v) is 5.17. The van der Waals surface area contributed by atoms with Crippen molar-refractivity contribution in [1.29, 1.82) is 0 Å². The third kappa shape index (κ3) is 8.37. The van der Waals surface area contributed by atoms with Crippen LogP contribution in [0, 0.1) is 6.92 Å². The lowest BCUT2D eigenvalue weighted by molar-refractivity contribution is 0.0631. The van der Waals surface area contributed by atoms with Gasteiger partial charge in [-0.1, -0.05) is 17.7 Å². The number of likely N-dealkylation sites (N-methyl/N-ethyl adjacent to an activating group) is 1. The first kappa shape index (κ1) is 27.2. The van der Waals surface area contributed by atoms with Crippen LogP contribution in [-0.4, -0.2) is 55.2 Å². The molecule has 1 aromatic heterocycles. The molecule has 0 fully saturated rings. The number of ether oxygens (including phenoxy) is 3. The summed E-state index contributed by atoms with van der Waals surface area (Å²) >= 11 is 6.24. The summed E-state index contributed by atoms with van der Waals surface area (Å²) in [6.45, 7) is 2.93. The van der Waals surface area contributed by atoms with E-state index < -0.39 is 18.1 Å². The minimum atomic E-state index is -1.24. The Morgan fingerprint density at radius 1 is 1.05 bits per heavy atom. The van der Waals surface area contributed by atoms with E-state index in [0.29, 0.717) is 41.0 Å². The van der Waals surface area contributed by atoms with Crippen molar-refractivity contribution in [2.45, 2.75) is 6.92 Å². The van der Waals surface area contributed by atoms with Crippen LogP contribution in [0.5, 0.6) is 17.2 Å². The molecule has 3 rings (SSSR count). The van der Waals surface area contributed by atoms with Gasteiger partial charge < -0.3 is 35.5 Å². The van der Waals surface area contributed by atoms with Gasteiger partial charge >= 0.3 is 18.1 Å². The quantitative estimate of drug-likeness (QED) is 0.269. The number of hydrogen-bond donors (Lipinski definition) is 3. The highest BCUT2D eigenvalue weighted by Gasteiger charge is 2.14. The zero-order valence-corrected chi connectivity index (χ0v) is 21.2. The van der Waals surface area contributed by atoms with Crippen LogP contribution in [0.2, 0.25) is 5.02 Å². The number of rotatable bonds is 9. The highest BCUT2D eigenvalue weighted by molar-refractivity contribution is 6.31. The van der Waals surface area contributed by atoms with Crippen LogP contribution < -0.4 is 25.8 Å². The maximum Gasteiger partial charge on any atom is 0.412 e. The van der Waals surface area contributed by atoms with Crippen LogP contribution in [0.3, 0.4) is 0 Å². The molecule has 0 saturated heterocycles. The molecule has 194 valence electrons. The molecule has 3 amide bonds. The number of benzene rings is 2. The number of aryl methyl sites for hydroxylation is 1. The first-order chi connectivity index (χ1) is 17.6. The van der Waals surface area contributed by atoms with E-state index in [4.69, 9.17) is 26.8 Å². The number of amides is 3. The Morgan fingerprint density at radius 3 is 2.54 bits per heavy atom. The summed E-state index contributed by atoms with van der Waals surface area (Å²) in [7, 11) is 3.86. The number of carbonyl (C=O) groups is 3. The largest absolute Gasteiger partial charge is 0.490 e.